The molecule has 4 rings (SSSR count). The van der Waals surface area contributed by atoms with E-state index in [0.717, 1.165) is 48.1 Å². The highest BCUT2D eigenvalue weighted by atomic mass is 35.5. The van der Waals surface area contributed by atoms with Gasteiger partial charge in [0.05, 0.1) is 34.3 Å². The van der Waals surface area contributed by atoms with Crippen LogP contribution in [0.5, 0.6) is 5.75 Å². The van der Waals surface area contributed by atoms with Crippen molar-refractivity contribution >= 4 is 68.6 Å². The van der Waals surface area contributed by atoms with E-state index in [9.17, 15) is 10.1 Å². The Bertz CT molecular complexity index is 1290. The van der Waals surface area contributed by atoms with E-state index >= 15 is 0 Å². The lowest BCUT2D eigenvalue weighted by molar-refractivity contribution is -0.383. The molecule has 3 aromatic rings. The summed E-state index contributed by atoms with van der Waals surface area (Å²) in [5, 5.41) is 14.3. The van der Waals surface area contributed by atoms with Crippen molar-refractivity contribution in [3.63, 3.8) is 0 Å². The van der Waals surface area contributed by atoms with Gasteiger partial charge in [0, 0.05) is 24.5 Å². The minimum absolute atomic E-state index is 0. The SMILES string of the molecule is COc1ccc2nc3c([N+](=O)[O-])ccc4c3c(c2c1)N(CCCN(C)C)C(=S)N4CCCN(C)C.Cl. The number of benzene rings is 2. The number of pyridine rings is 1. The van der Waals surface area contributed by atoms with Gasteiger partial charge in [-0.05, 0) is 90.6 Å². The largest absolute Gasteiger partial charge is 0.497 e. The molecule has 0 fully saturated rings. The first kappa shape index (κ1) is 27.8. The maximum absolute atomic E-state index is 12.0. The Morgan fingerprint density at radius 1 is 1.03 bits per heavy atom. The van der Waals surface area contributed by atoms with Crippen molar-refractivity contribution in [1.82, 2.24) is 14.8 Å². The predicted molar refractivity (Wildman–Crippen MR) is 153 cm³/mol. The number of aromatic nitrogens is 1. The molecule has 0 saturated heterocycles. The molecule has 9 nitrogen and oxygen atoms in total. The summed E-state index contributed by atoms with van der Waals surface area (Å²) in [6.07, 6.45) is 1.79. The second-order valence-electron chi connectivity index (χ2n) is 9.33. The molecule has 0 aliphatic carbocycles. The van der Waals surface area contributed by atoms with Crippen LogP contribution in [0.3, 0.4) is 0 Å². The molecule has 0 atom stereocenters. The Labute approximate surface area is 223 Å². The standard InChI is InChI=1S/C25H32N6O3S.ClH/c1-27(2)12-6-14-29-20-10-11-21(31(32)33)23-22(20)24(30(25(29)35)15-7-13-28(3)4)18-16-17(34-5)8-9-19(18)26-23;/h8-11,16H,6-7,12-15H2,1-5H3;1H. The molecule has 36 heavy (non-hydrogen) atoms. The molecule has 194 valence electrons. The molecule has 11 heteroatoms. The van der Waals surface area contributed by atoms with Crippen LogP contribution in [0.1, 0.15) is 12.8 Å². The molecule has 0 radical (unpaired) electrons. The van der Waals surface area contributed by atoms with E-state index in [4.69, 9.17) is 21.9 Å². The van der Waals surface area contributed by atoms with E-state index in [0.29, 0.717) is 35.0 Å². The van der Waals surface area contributed by atoms with Crippen LogP contribution in [0.25, 0.3) is 21.8 Å². The Morgan fingerprint density at radius 2 is 1.67 bits per heavy atom. The van der Waals surface area contributed by atoms with E-state index in [-0.39, 0.29) is 23.0 Å². The first-order valence-corrected chi connectivity index (χ1v) is 12.1. The zero-order chi connectivity index (χ0) is 25.3. The first-order valence-electron chi connectivity index (χ1n) is 11.7. The number of nitrogens with zero attached hydrogens (tertiary/aromatic N) is 6. The quantitative estimate of drug-likeness (QED) is 0.162. The number of methoxy groups -OCH3 is 1. The average Bonchev–Trinajstić information content (AvgIpc) is 2.81. The van der Waals surface area contributed by atoms with Gasteiger partial charge in [0.15, 0.2) is 10.6 Å². The van der Waals surface area contributed by atoms with Crippen LogP contribution in [0, 0.1) is 10.1 Å². The third kappa shape index (κ3) is 5.31. The summed E-state index contributed by atoms with van der Waals surface area (Å²) in [4.78, 5) is 24.9. The van der Waals surface area contributed by atoms with Gasteiger partial charge in [0.1, 0.15) is 5.75 Å². The molecule has 0 amide bonds. The van der Waals surface area contributed by atoms with Gasteiger partial charge in [0.2, 0.25) is 0 Å². The second kappa shape index (κ2) is 11.5. The Hall–Kier alpha value is -2.79. The number of fused-ring (bicyclic) bond motifs is 2. The van der Waals surface area contributed by atoms with Crippen molar-refractivity contribution in [2.45, 2.75) is 12.8 Å². The molecular weight excluding hydrogens is 500 g/mol. The van der Waals surface area contributed by atoms with Gasteiger partial charge in [0.25, 0.3) is 5.69 Å². The monoisotopic (exact) mass is 532 g/mol. The minimum atomic E-state index is -0.356. The summed E-state index contributed by atoms with van der Waals surface area (Å²) < 4.78 is 5.51. The van der Waals surface area contributed by atoms with E-state index in [1.165, 1.54) is 0 Å². The summed E-state index contributed by atoms with van der Waals surface area (Å²) in [7, 11) is 9.82. The molecule has 2 aromatic carbocycles. The Morgan fingerprint density at radius 3 is 2.25 bits per heavy atom. The zero-order valence-electron chi connectivity index (χ0n) is 21.4. The highest BCUT2D eigenvalue weighted by Gasteiger charge is 2.34. The molecule has 1 aromatic heterocycles. The van der Waals surface area contributed by atoms with Crippen molar-refractivity contribution in [1.29, 1.82) is 0 Å². The molecule has 0 N–H and O–H groups in total. The number of halogens is 1. The van der Waals surface area contributed by atoms with Crippen LogP contribution in [0.2, 0.25) is 0 Å². The van der Waals surface area contributed by atoms with E-state index in [1.807, 2.05) is 52.5 Å². The van der Waals surface area contributed by atoms with Crippen molar-refractivity contribution < 1.29 is 9.66 Å². The molecule has 2 heterocycles. The van der Waals surface area contributed by atoms with Crippen molar-refractivity contribution in [2.75, 3.05) is 71.3 Å². The number of non-ortho nitro benzene ring substituents is 1. The molecule has 0 spiro atoms. The van der Waals surface area contributed by atoms with Crippen LogP contribution < -0.4 is 14.5 Å². The summed E-state index contributed by atoms with van der Waals surface area (Å²) in [5.41, 5.74) is 2.80. The minimum Gasteiger partial charge on any atom is -0.497 e. The van der Waals surface area contributed by atoms with E-state index < -0.39 is 0 Å². The van der Waals surface area contributed by atoms with Gasteiger partial charge in [-0.25, -0.2) is 4.98 Å². The lowest BCUT2D eigenvalue weighted by Crippen LogP contribution is -2.48. The van der Waals surface area contributed by atoms with E-state index in [2.05, 4.69) is 19.6 Å². The number of rotatable bonds is 10. The zero-order valence-corrected chi connectivity index (χ0v) is 23.0. The van der Waals surface area contributed by atoms with Gasteiger partial charge in [-0.1, -0.05) is 0 Å². The topological polar surface area (TPSA) is 78.2 Å². The fraction of sp³-hybridized carbons (Fsp3) is 0.440. The Kier molecular flexibility index (Phi) is 8.89. The fourth-order valence-electron chi connectivity index (χ4n) is 4.61. The van der Waals surface area contributed by atoms with Gasteiger partial charge >= 0.3 is 0 Å². The van der Waals surface area contributed by atoms with Crippen molar-refractivity contribution in [2.24, 2.45) is 0 Å². The highest BCUT2D eigenvalue weighted by molar-refractivity contribution is 7.80. The van der Waals surface area contributed by atoms with Crippen LogP contribution in [0.15, 0.2) is 30.3 Å². The Balaban J connectivity index is 0.00000361. The third-order valence-corrected chi connectivity index (χ3v) is 6.70. The highest BCUT2D eigenvalue weighted by Crippen LogP contribution is 2.47. The summed E-state index contributed by atoms with van der Waals surface area (Å²) >= 11 is 6.08. The number of hydrogen-bond acceptors (Lipinski definition) is 7. The predicted octanol–water partition coefficient (Wildman–Crippen LogP) is 4.54. The molecule has 0 saturated carbocycles. The van der Waals surface area contributed by atoms with Gasteiger partial charge in [-0.2, -0.15) is 0 Å². The van der Waals surface area contributed by atoms with Crippen molar-refractivity contribution in [3.05, 3.63) is 40.4 Å². The number of anilines is 2. The molecular formula is C25H33ClN6O3S. The fourth-order valence-corrected chi connectivity index (χ4v) is 4.98. The number of ether oxygens (including phenoxy) is 1. The number of hydrogen-bond donors (Lipinski definition) is 0. The molecule has 0 bridgehead atoms. The third-order valence-electron chi connectivity index (χ3n) is 6.26. The summed E-state index contributed by atoms with van der Waals surface area (Å²) in [5.74, 6) is 0.703. The van der Waals surface area contributed by atoms with Crippen molar-refractivity contribution in [3.8, 4) is 5.75 Å². The summed E-state index contributed by atoms with van der Waals surface area (Å²) in [6.45, 7) is 3.21. The number of nitro groups is 1. The van der Waals surface area contributed by atoms with Gasteiger partial charge in [-0.3, -0.25) is 10.1 Å². The number of nitro benzene ring substituents is 1. The van der Waals surface area contributed by atoms with Crippen LogP contribution in [-0.4, -0.2) is 86.3 Å². The van der Waals surface area contributed by atoms with Gasteiger partial charge < -0.3 is 24.3 Å². The van der Waals surface area contributed by atoms with Crippen LogP contribution >= 0.6 is 24.6 Å². The maximum atomic E-state index is 12.0. The van der Waals surface area contributed by atoms with E-state index in [1.54, 1.807) is 13.2 Å². The van der Waals surface area contributed by atoms with Gasteiger partial charge in [-0.15, -0.1) is 12.4 Å². The first-order chi connectivity index (χ1) is 16.7. The summed E-state index contributed by atoms with van der Waals surface area (Å²) in [6, 6.07) is 8.99. The maximum Gasteiger partial charge on any atom is 0.295 e. The molecule has 1 aliphatic heterocycles. The normalized spacial score (nSPS) is 13.1. The second-order valence-corrected chi connectivity index (χ2v) is 9.69. The van der Waals surface area contributed by atoms with Crippen LogP contribution in [0.4, 0.5) is 17.1 Å². The van der Waals surface area contributed by atoms with Crippen LogP contribution in [-0.2, 0) is 0 Å². The molecule has 1 aliphatic rings. The number of thiocarbonyl (C=S) groups is 1. The lowest BCUT2D eigenvalue weighted by atomic mass is 10.0. The molecule has 0 unspecified atom stereocenters. The average molecular weight is 533 g/mol. The lowest BCUT2D eigenvalue weighted by Gasteiger charge is -2.40. The smallest absolute Gasteiger partial charge is 0.295 e.